The Kier molecular flexibility index (Phi) is 7.42. The Morgan fingerprint density at radius 1 is 1.12 bits per heavy atom. The maximum absolute atomic E-state index is 13.0. The number of likely N-dealkylation sites (tertiary alicyclic amines) is 2. The van der Waals surface area contributed by atoms with Crippen LogP contribution < -0.4 is 10.1 Å². The minimum atomic E-state index is -0.140. The average Bonchev–Trinajstić information content (AvgIpc) is 3.25. The number of benzene rings is 1. The summed E-state index contributed by atoms with van der Waals surface area (Å²) in [6, 6.07) is 8.14. The molecule has 2 aliphatic heterocycles. The number of nitrogens with zero attached hydrogens (tertiary/aromatic N) is 2. The highest BCUT2D eigenvalue weighted by molar-refractivity contribution is 5.99. The van der Waals surface area contributed by atoms with E-state index in [1.165, 1.54) is 19.3 Å². The zero-order chi connectivity index (χ0) is 23.5. The van der Waals surface area contributed by atoms with Crippen molar-refractivity contribution in [1.29, 1.82) is 0 Å². The number of ether oxygens (including phenoxy) is 1. The van der Waals surface area contributed by atoms with E-state index in [1.807, 2.05) is 24.3 Å². The summed E-state index contributed by atoms with van der Waals surface area (Å²) in [5.74, 6) is 1.88. The summed E-state index contributed by atoms with van der Waals surface area (Å²) in [4.78, 5) is 21.2. The van der Waals surface area contributed by atoms with Crippen molar-refractivity contribution >= 4 is 16.8 Å². The standard InChI is InChI=1S/C27H40N4O3/c1-19-17-31(13-10-25(19)32)15-14-30-11-8-21(9-12-30)28-27(33)24-16-22-23(29-24)6-3-7-26(22)34-18-20-4-2-5-20/h3,6-7,16,19-21,25,29,32H,2,4-5,8-15,17-18H2,1H3,(H,28,33)/t19-,25-/m0/s1. The van der Waals surface area contributed by atoms with E-state index in [9.17, 15) is 9.90 Å². The molecule has 0 unspecified atom stereocenters. The summed E-state index contributed by atoms with van der Waals surface area (Å²) in [6.45, 7) is 9.06. The van der Waals surface area contributed by atoms with Gasteiger partial charge in [-0.05, 0) is 62.1 Å². The molecule has 3 fully saturated rings. The first kappa shape index (κ1) is 23.6. The quantitative estimate of drug-likeness (QED) is 0.554. The van der Waals surface area contributed by atoms with Gasteiger partial charge in [-0.3, -0.25) is 4.79 Å². The normalized spacial score (nSPS) is 25.4. The predicted octanol–water partition coefficient (Wildman–Crippen LogP) is 3.24. The lowest BCUT2D eigenvalue weighted by atomic mass is 9.86. The molecule has 1 aliphatic carbocycles. The van der Waals surface area contributed by atoms with Crippen molar-refractivity contribution in [3.05, 3.63) is 30.0 Å². The van der Waals surface area contributed by atoms with Gasteiger partial charge in [0.25, 0.3) is 5.91 Å². The van der Waals surface area contributed by atoms with Crippen LogP contribution in [0.4, 0.5) is 0 Å². The van der Waals surface area contributed by atoms with E-state index >= 15 is 0 Å². The number of nitrogens with one attached hydrogen (secondary N) is 2. The summed E-state index contributed by atoms with van der Waals surface area (Å²) in [5.41, 5.74) is 1.56. The van der Waals surface area contributed by atoms with Gasteiger partial charge in [0.05, 0.1) is 12.7 Å². The van der Waals surface area contributed by atoms with Crippen LogP contribution in [0, 0.1) is 11.8 Å². The molecule has 7 nitrogen and oxygen atoms in total. The maximum Gasteiger partial charge on any atom is 0.267 e. The molecule has 1 aromatic heterocycles. The predicted molar refractivity (Wildman–Crippen MR) is 134 cm³/mol. The van der Waals surface area contributed by atoms with Gasteiger partial charge in [-0.2, -0.15) is 0 Å². The van der Waals surface area contributed by atoms with Gasteiger partial charge in [-0.15, -0.1) is 0 Å². The molecular formula is C27H40N4O3. The Hall–Kier alpha value is -2.09. The highest BCUT2D eigenvalue weighted by Crippen LogP contribution is 2.30. The van der Waals surface area contributed by atoms with E-state index < -0.39 is 0 Å². The molecule has 3 aliphatic rings. The Bertz CT molecular complexity index is 964. The third kappa shape index (κ3) is 5.58. The van der Waals surface area contributed by atoms with Crippen LogP contribution in [-0.4, -0.2) is 83.8 Å². The van der Waals surface area contributed by atoms with Crippen LogP contribution in [-0.2, 0) is 0 Å². The second-order valence-electron chi connectivity index (χ2n) is 10.7. The van der Waals surface area contributed by atoms with Gasteiger partial charge in [0, 0.05) is 56.2 Å². The van der Waals surface area contributed by atoms with E-state index in [4.69, 9.17) is 4.74 Å². The van der Waals surface area contributed by atoms with Crippen LogP contribution in [0.15, 0.2) is 24.3 Å². The Balaban J connectivity index is 1.08. The molecule has 0 radical (unpaired) electrons. The number of aromatic amines is 1. The topological polar surface area (TPSA) is 80.8 Å². The average molecular weight is 469 g/mol. The number of hydrogen-bond acceptors (Lipinski definition) is 5. The number of fused-ring (bicyclic) bond motifs is 1. The minimum Gasteiger partial charge on any atom is -0.493 e. The fourth-order valence-corrected chi connectivity index (χ4v) is 5.51. The first-order chi connectivity index (χ1) is 16.5. The van der Waals surface area contributed by atoms with Crippen molar-refractivity contribution < 1.29 is 14.6 Å². The highest BCUT2D eigenvalue weighted by Gasteiger charge is 2.26. The number of piperidine rings is 2. The van der Waals surface area contributed by atoms with Crippen molar-refractivity contribution in [2.45, 2.75) is 57.6 Å². The van der Waals surface area contributed by atoms with Crippen LogP contribution >= 0.6 is 0 Å². The Labute approximate surface area is 202 Å². The highest BCUT2D eigenvalue weighted by atomic mass is 16.5. The molecule has 1 amide bonds. The number of H-pyrrole nitrogens is 1. The SMILES string of the molecule is C[C@H]1CN(CCN2CCC(NC(=O)c3cc4c(OCC5CCC5)cccc4[nH]3)CC2)CC[C@@H]1O. The molecule has 0 bridgehead atoms. The van der Waals surface area contributed by atoms with Gasteiger partial charge in [0.1, 0.15) is 11.4 Å². The van der Waals surface area contributed by atoms with Crippen LogP contribution in [0.3, 0.4) is 0 Å². The molecule has 7 heteroatoms. The molecule has 2 aromatic rings. The molecule has 0 spiro atoms. The van der Waals surface area contributed by atoms with Crippen LogP contribution in [0.25, 0.3) is 10.9 Å². The zero-order valence-corrected chi connectivity index (χ0v) is 20.5. The fourth-order valence-electron chi connectivity index (χ4n) is 5.51. The lowest BCUT2D eigenvalue weighted by Crippen LogP contribution is -2.48. The summed E-state index contributed by atoms with van der Waals surface area (Å²) in [7, 11) is 0. The van der Waals surface area contributed by atoms with Gasteiger partial charge in [-0.1, -0.05) is 19.4 Å². The van der Waals surface area contributed by atoms with E-state index in [-0.39, 0.29) is 18.1 Å². The minimum absolute atomic E-state index is 0.0274. The summed E-state index contributed by atoms with van der Waals surface area (Å²) < 4.78 is 6.08. The molecular weight excluding hydrogens is 428 g/mol. The monoisotopic (exact) mass is 468 g/mol. The fraction of sp³-hybridized carbons (Fsp3) is 0.667. The number of carbonyl (C=O) groups is 1. The van der Waals surface area contributed by atoms with Gasteiger partial charge in [0.15, 0.2) is 0 Å². The maximum atomic E-state index is 13.0. The Morgan fingerprint density at radius 2 is 1.88 bits per heavy atom. The van der Waals surface area contributed by atoms with Crippen LogP contribution in [0.2, 0.25) is 0 Å². The number of amides is 1. The molecule has 1 saturated carbocycles. The van der Waals surface area contributed by atoms with Gasteiger partial charge >= 0.3 is 0 Å². The number of aliphatic hydroxyl groups excluding tert-OH is 1. The number of carbonyl (C=O) groups excluding carboxylic acids is 1. The van der Waals surface area contributed by atoms with Gasteiger partial charge in [0.2, 0.25) is 0 Å². The van der Waals surface area contributed by atoms with Crippen molar-refractivity contribution in [1.82, 2.24) is 20.1 Å². The lowest BCUT2D eigenvalue weighted by Gasteiger charge is -2.37. The number of aromatic nitrogens is 1. The summed E-state index contributed by atoms with van der Waals surface area (Å²) in [5, 5.41) is 14.2. The summed E-state index contributed by atoms with van der Waals surface area (Å²) >= 11 is 0. The molecule has 34 heavy (non-hydrogen) atoms. The first-order valence-electron chi connectivity index (χ1n) is 13.2. The number of aliphatic hydroxyl groups is 1. The number of hydrogen-bond donors (Lipinski definition) is 3. The van der Waals surface area contributed by atoms with Crippen molar-refractivity contribution in [3.8, 4) is 5.75 Å². The van der Waals surface area contributed by atoms with Crippen LogP contribution in [0.1, 0.15) is 55.9 Å². The van der Waals surface area contributed by atoms with E-state index in [2.05, 4.69) is 27.0 Å². The largest absolute Gasteiger partial charge is 0.493 e. The zero-order valence-electron chi connectivity index (χ0n) is 20.5. The van der Waals surface area contributed by atoms with Crippen molar-refractivity contribution in [2.75, 3.05) is 45.9 Å². The molecule has 186 valence electrons. The molecule has 2 saturated heterocycles. The van der Waals surface area contributed by atoms with E-state index in [0.29, 0.717) is 17.5 Å². The summed E-state index contributed by atoms with van der Waals surface area (Å²) in [6.07, 6.45) is 6.55. The first-order valence-corrected chi connectivity index (χ1v) is 13.2. The van der Waals surface area contributed by atoms with E-state index in [0.717, 1.165) is 81.8 Å². The number of rotatable bonds is 8. The smallest absolute Gasteiger partial charge is 0.267 e. The van der Waals surface area contributed by atoms with Gasteiger partial charge in [-0.25, -0.2) is 0 Å². The third-order valence-corrected chi connectivity index (χ3v) is 8.17. The molecule has 5 rings (SSSR count). The van der Waals surface area contributed by atoms with Crippen LogP contribution in [0.5, 0.6) is 5.75 Å². The van der Waals surface area contributed by atoms with Gasteiger partial charge < -0.3 is 29.9 Å². The molecule has 2 atom stereocenters. The third-order valence-electron chi connectivity index (χ3n) is 8.17. The Morgan fingerprint density at radius 3 is 2.62 bits per heavy atom. The van der Waals surface area contributed by atoms with Crippen molar-refractivity contribution in [2.24, 2.45) is 11.8 Å². The molecule has 1 aromatic carbocycles. The molecule has 3 N–H and O–H groups in total. The second kappa shape index (κ2) is 10.7. The van der Waals surface area contributed by atoms with Crippen molar-refractivity contribution in [3.63, 3.8) is 0 Å². The van der Waals surface area contributed by atoms with E-state index in [1.54, 1.807) is 0 Å². The lowest BCUT2D eigenvalue weighted by molar-refractivity contribution is 0.0301. The second-order valence-corrected chi connectivity index (χ2v) is 10.7. The molecule has 3 heterocycles.